The van der Waals surface area contributed by atoms with Gasteiger partial charge in [-0.2, -0.15) is 0 Å². The number of carbonyl (C=O) groups is 2. The Balaban J connectivity index is 1.32. The fourth-order valence-corrected chi connectivity index (χ4v) is 5.63. The Hall–Kier alpha value is -4.53. The van der Waals surface area contributed by atoms with Crippen molar-refractivity contribution in [3.8, 4) is 0 Å². The lowest BCUT2D eigenvalue weighted by Gasteiger charge is -2.28. The molecule has 1 aromatic heterocycles. The first-order valence-corrected chi connectivity index (χ1v) is 14.6. The van der Waals surface area contributed by atoms with Gasteiger partial charge in [-0.05, 0) is 59.2 Å². The molecule has 1 aliphatic carbocycles. The van der Waals surface area contributed by atoms with Crippen LogP contribution in [0.2, 0.25) is 0 Å². The highest BCUT2D eigenvalue weighted by Gasteiger charge is 2.35. The van der Waals surface area contributed by atoms with E-state index in [-0.39, 0.29) is 18.9 Å². The van der Waals surface area contributed by atoms with Gasteiger partial charge in [-0.1, -0.05) is 84.9 Å². The van der Waals surface area contributed by atoms with Gasteiger partial charge in [0.2, 0.25) is 5.91 Å². The van der Waals surface area contributed by atoms with Crippen molar-refractivity contribution in [3.63, 3.8) is 0 Å². The highest BCUT2D eigenvalue weighted by Crippen LogP contribution is 2.32. The van der Waals surface area contributed by atoms with Crippen molar-refractivity contribution in [1.82, 2.24) is 15.6 Å². The number of nitrogens with one attached hydrogen (secondary N) is 2. The number of amides is 2. The molecule has 8 heteroatoms. The van der Waals surface area contributed by atoms with Crippen LogP contribution in [0.3, 0.4) is 0 Å². The Bertz CT molecular complexity index is 1470. The predicted octanol–water partition coefficient (Wildman–Crippen LogP) is 4.30. The molecule has 3 unspecified atom stereocenters. The molecule has 0 aliphatic heterocycles. The van der Waals surface area contributed by atoms with Gasteiger partial charge in [0.1, 0.15) is 6.61 Å². The van der Waals surface area contributed by atoms with Crippen LogP contribution in [0.25, 0.3) is 0 Å². The Morgan fingerprint density at radius 2 is 1.47 bits per heavy atom. The van der Waals surface area contributed by atoms with Crippen LogP contribution in [0.4, 0.5) is 4.79 Å². The van der Waals surface area contributed by atoms with E-state index in [0.29, 0.717) is 19.3 Å². The number of benzene rings is 3. The normalized spacial score (nSPS) is 17.7. The summed E-state index contributed by atoms with van der Waals surface area (Å²) in [4.78, 5) is 30.6. The van der Waals surface area contributed by atoms with Crippen LogP contribution in [0.15, 0.2) is 109 Å². The van der Waals surface area contributed by atoms with Gasteiger partial charge in [0.05, 0.1) is 24.3 Å². The van der Waals surface area contributed by atoms with Gasteiger partial charge >= 0.3 is 6.09 Å². The van der Waals surface area contributed by atoms with E-state index in [1.165, 1.54) is 0 Å². The summed E-state index contributed by atoms with van der Waals surface area (Å²) in [6.45, 7) is 0.0622. The quantitative estimate of drug-likeness (QED) is 0.199. The van der Waals surface area contributed by atoms with Gasteiger partial charge in [0.25, 0.3) is 0 Å². The van der Waals surface area contributed by atoms with E-state index in [0.717, 1.165) is 27.8 Å². The van der Waals surface area contributed by atoms with Crippen LogP contribution in [-0.2, 0) is 35.4 Å². The first-order chi connectivity index (χ1) is 21.0. The van der Waals surface area contributed by atoms with Crippen molar-refractivity contribution in [2.24, 2.45) is 5.92 Å². The van der Waals surface area contributed by atoms with Crippen LogP contribution in [0, 0.1) is 5.92 Å². The molecule has 1 heterocycles. The fraction of sp³-hybridized carbons (Fsp3) is 0.286. The number of aliphatic hydroxyl groups is 2. The monoisotopic (exact) mass is 579 g/mol. The Labute approximate surface area is 251 Å². The summed E-state index contributed by atoms with van der Waals surface area (Å²) in [6, 6.07) is 29.2. The van der Waals surface area contributed by atoms with Crippen LogP contribution >= 0.6 is 0 Å². The van der Waals surface area contributed by atoms with Crippen LogP contribution < -0.4 is 10.6 Å². The molecular weight excluding hydrogens is 542 g/mol. The summed E-state index contributed by atoms with van der Waals surface area (Å²) in [5.41, 5.74) is 4.59. The highest BCUT2D eigenvalue weighted by atomic mass is 16.5. The molecule has 43 heavy (non-hydrogen) atoms. The smallest absolute Gasteiger partial charge is 0.407 e. The molecule has 0 radical (unpaired) electrons. The number of hydrogen-bond donors (Lipinski definition) is 4. The summed E-state index contributed by atoms with van der Waals surface area (Å²) in [5.74, 6) is -0.882. The van der Waals surface area contributed by atoms with E-state index in [4.69, 9.17) is 4.74 Å². The van der Waals surface area contributed by atoms with E-state index in [1.54, 1.807) is 24.5 Å². The van der Waals surface area contributed by atoms with Crippen molar-refractivity contribution >= 4 is 12.0 Å². The highest BCUT2D eigenvalue weighted by molar-refractivity contribution is 5.80. The summed E-state index contributed by atoms with van der Waals surface area (Å²) >= 11 is 0. The third-order valence-corrected chi connectivity index (χ3v) is 7.91. The second-order valence-electron chi connectivity index (χ2n) is 11.0. The number of alkyl carbamates (subject to hydrolysis) is 1. The van der Waals surface area contributed by atoms with Crippen molar-refractivity contribution < 1.29 is 24.5 Å². The fourth-order valence-electron chi connectivity index (χ4n) is 5.63. The molecule has 2 amide bonds. The number of aromatic nitrogens is 1. The number of aliphatic hydroxyl groups excluding tert-OH is 2. The summed E-state index contributed by atoms with van der Waals surface area (Å²) in [5, 5.41) is 28.2. The second kappa shape index (κ2) is 14.6. The van der Waals surface area contributed by atoms with Crippen molar-refractivity contribution in [1.29, 1.82) is 0 Å². The largest absolute Gasteiger partial charge is 0.445 e. The zero-order valence-corrected chi connectivity index (χ0v) is 23.9. The minimum Gasteiger partial charge on any atom is -0.445 e. The van der Waals surface area contributed by atoms with E-state index in [9.17, 15) is 19.8 Å². The zero-order valence-electron chi connectivity index (χ0n) is 23.9. The molecular formula is C35H37N3O5. The Morgan fingerprint density at radius 3 is 2.16 bits per heavy atom. The summed E-state index contributed by atoms with van der Waals surface area (Å²) < 4.78 is 5.43. The van der Waals surface area contributed by atoms with E-state index in [2.05, 4.69) is 15.6 Å². The minimum absolute atomic E-state index is 0.0622. The van der Waals surface area contributed by atoms with Crippen molar-refractivity contribution in [3.05, 3.63) is 137 Å². The molecule has 5 rings (SSSR count). The molecule has 0 fully saturated rings. The lowest BCUT2D eigenvalue weighted by molar-refractivity contribution is -0.127. The topological polar surface area (TPSA) is 121 Å². The summed E-state index contributed by atoms with van der Waals surface area (Å²) in [7, 11) is 0. The number of hydrogen-bond acceptors (Lipinski definition) is 6. The number of pyridine rings is 1. The lowest BCUT2D eigenvalue weighted by Crippen LogP contribution is -2.47. The van der Waals surface area contributed by atoms with Gasteiger partial charge in [-0.15, -0.1) is 0 Å². The van der Waals surface area contributed by atoms with E-state index in [1.807, 2.05) is 84.9 Å². The van der Waals surface area contributed by atoms with Gasteiger partial charge in [-0.3, -0.25) is 9.78 Å². The summed E-state index contributed by atoms with van der Waals surface area (Å²) in [6.07, 6.45) is 2.09. The van der Waals surface area contributed by atoms with Crippen LogP contribution in [0.5, 0.6) is 0 Å². The van der Waals surface area contributed by atoms with Gasteiger partial charge in [-0.25, -0.2) is 4.79 Å². The van der Waals surface area contributed by atoms with Crippen molar-refractivity contribution in [2.75, 3.05) is 0 Å². The average Bonchev–Trinajstić information content (AvgIpc) is 3.35. The number of carbonyl (C=O) groups excluding carboxylic acids is 2. The number of nitrogens with zero attached hydrogens (tertiary/aromatic N) is 1. The number of rotatable bonds is 12. The standard InChI is InChI=1S/C35H37N3O5/c39-31(30(20-25-11-5-2-6-12-25)37-35(42)43-23-26-15-17-36-18-16-26)22-28(19-24-9-3-1-4-10-24)34(41)38-33-29-14-8-7-13-27(29)21-32(33)40/h1-18,28,30-33,39-40H,19-23H2,(H,37,42)(H,38,41)/t28?,30?,31?,32-,33-/m0/s1. The SMILES string of the molecule is O=C(NC(Cc1ccccc1)C(O)CC(Cc1ccccc1)C(=O)N[C@H]1c2ccccc2C[C@@H]1O)OCc1ccncc1. The zero-order chi connectivity index (χ0) is 30.0. The number of fused-ring (bicyclic) bond motifs is 1. The maximum atomic E-state index is 13.8. The minimum atomic E-state index is -1.06. The molecule has 0 saturated heterocycles. The molecule has 4 aromatic rings. The molecule has 0 saturated carbocycles. The van der Waals surface area contributed by atoms with E-state index >= 15 is 0 Å². The second-order valence-corrected chi connectivity index (χ2v) is 11.0. The maximum absolute atomic E-state index is 13.8. The molecule has 0 spiro atoms. The van der Waals surface area contributed by atoms with Gasteiger partial charge in [0.15, 0.2) is 0 Å². The molecule has 222 valence electrons. The third kappa shape index (κ3) is 8.28. The first kappa shape index (κ1) is 29.9. The van der Waals surface area contributed by atoms with Gasteiger partial charge in [0, 0.05) is 24.7 Å². The molecule has 0 bridgehead atoms. The molecule has 1 aliphatic rings. The van der Waals surface area contributed by atoms with Crippen LogP contribution in [-0.4, -0.2) is 45.4 Å². The predicted molar refractivity (Wildman–Crippen MR) is 163 cm³/mol. The van der Waals surface area contributed by atoms with Crippen molar-refractivity contribution in [2.45, 2.75) is 56.6 Å². The third-order valence-electron chi connectivity index (χ3n) is 7.91. The molecule has 5 atom stereocenters. The maximum Gasteiger partial charge on any atom is 0.407 e. The van der Waals surface area contributed by atoms with Gasteiger partial charge < -0.3 is 25.6 Å². The molecule has 3 aromatic carbocycles. The molecule has 4 N–H and O–H groups in total. The van der Waals surface area contributed by atoms with E-state index < -0.39 is 36.3 Å². The lowest BCUT2D eigenvalue weighted by atomic mass is 9.88. The first-order valence-electron chi connectivity index (χ1n) is 14.6. The molecule has 8 nitrogen and oxygen atoms in total. The average molecular weight is 580 g/mol. The van der Waals surface area contributed by atoms with Crippen LogP contribution in [0.1, 0.15) is 40.3 Å². The Kier molecular flexibility index (Phi) is 10.2. The number of ether oxygens (including phenoxy) is 1. The Morgan fingerprint density at radius 1 is 0.837 bits per heavy atom.